The largest absolute Gasteiger partial charge is 0.481 e. The first-order valence-corrected chi connectivity index (χ1v) is 6.75. The lowest BCUT2D eigenvalue weighted by Crippen LogP contribution is -2.27. The number of anilines is 2. The molecule has 2 aromatic rings. The molecule has 1 saturated heterocycles. The van der Waals surface area contributed by atoms with Crippen LogP contribution in [0, 0.1) is 5.82 Å². The van der Waals surface area contributed by atoms with E-state index >= 15 is 0 Å². The van der Waals surface area contributed by atoms with Gasteiger partial charge in [-0.15, -0.1) is 0 Å². The van der Waals surface area contributed by atoms with E-state index in [0.717, 1.165) is 13.0 Å². The Balaban J connectivity index is 1.66. The Kier molecular flexibility index (Phi) is 3.81. The number of aromatic nitrogens is 3. The summed E-state index contributed by atoms with van der Waals surface area (Å²) in [6.07, 6.45) is 4.11. The lowest BCUT2D eigenvalue weighted by molar-refractivity contribution is 0.397. The Morgan fingerprint density at radius 3 is 3.05 bits per heavy atom. The summed E-state index contributed by atoms with van der Waals surface area (Å²) in [5.41, 5.74) is 0. The SMILES string of the molecule is COc1ccnc(NC2CCN(c3ncccc3F)C2)n1. The molecule has 6 nitrogen and oxygen atoms in total. The Morgan fingerprint density at radius 1 is 1.33 bits per heavy atom. The Morgan fingerprint density at radius 2 is 2.24 bits per heavy atom. The maximum atomic E-state index is 13.7. The van der Waals surface area contributed by atoms with Crippen LogP contribution in [0.1, 0.15) is 6.42 Å². The van der Waals surface area contributed by atoms with Crippen LogP contribution in [-0.4, -0.2) is 41.2 Å². The minimum atomic E-state index is -0.296. The number of ether oxygens (including phenoxy) is 1. The molecular weight excluding hydrogens is 273 g/mol. The maximum Gasteiger partial charge on any atom is 0.226 e. The standard InChI is InChI=1S/C14H16FN5O/c1-21-12-4-7-17-14(19-12)18-10-5-8-20(9-10)13-11(15)3-2-6-16-13/h2-4,6-7,10H,5,8-9H2,1H3,(H,17,18,19). The fourth-order valence-electron chi connectivity index (χ4n) is 2.39. The van der Waals surface area contributed by atoms with Gasteiger partial charge in [-0.25, -0.2) is 14.4 Å². The smallest absolute Gasteiger partial charge is 0.226 e. The Bertz CT molecular complexity index is 624. The van der Waals surface area contributed by atoms with Gasteiger partial charge in [0.25, 0.3) is 0 Å². The topological polar surface area (TPSA) is 63.2 Å². The molecule has 1 aliphatic heterocycles. The third-order valence-corrected chi connectivity index (χ3v) is 3.40. The minimum absolute atomic E-state index is 0.151. The minimum Gasteiger partial charge on any atom is -0.481 e. The molecule has 0 aliphatic carbocycles. The average molecular weight is 289 g/mol. The first-order chi connectivity index (χ1) is 10.3. The van der Waals surface area contributed by atoms with Crippen molar-refractivity contribution < 1.29 is 9.13 Å². The fourth-order valence-corrected chi connectivity index (χ4v) is 2.39. The van der Waals surface area contributed by atoms with E-state index in [-0.39, 0.29) is 11.9 Å². The van der Waals surface area contributed by atoms with Crippen molar-refractivity contribution >= 4 is 11.8 Å². The maximum absolute atomic E-state index is 13.7. The van der Waals surface area contributed by atoms with E-state index < -0.39 is 0 Å². The third-order valence-electron chi connectivity index (χ3n) is 3.40. The predicted molar refractivity (Wildman–Crippen MR) is 77.0 cm³/mol. The molecule has 1 atom stereocenters. The summed E-state index contributed by atoms with van der Waals surface area (Å²) in [5, 5.41) is 3.24. The number of halogens is 1. The second kappa shape index (κ2) is 5.90. The quantitative estimate of drug-likeness (QED) is 0.924. The van der Waals surface area contributed by atoms with Gasteiger partial charge >= 0.3 is 0 Å². The molecule has 3 rings (SSSR count). The third kappa shape index (κ3) is 3.01. The summed E-state index contributed by atoms with van der Waals surface area (Å²) in [5.74, 6) is 1.13. The lowest BCUT2D eigenvalue weighted by atomic mass is 10.3. The van der Waals surface area contributed by atoms with Crippen molar-refractivity contribution in [2.75, 3.05) is 30.4 Å². The van der Waals surface area contributed by atoms with Gasteiger partial charge in [-0.2, -0.15) is 4.98 Å². The van der Waals surface area contributed by atoms with Crippen molar-refractivity contribution in [2.45, 2.75) is 12.5 Å². The molecule has 0 amide bonds. The summed E-state index contributed by atoms with van der Waals surface area (Å²) in [6, 6.07) is 4.86. The molecule has 0 saturated carbocycles. The monoisotopic (exact) mass is 289 g/mol. The first kappa shape index (κ1) is 13.5. The zero-order chi connectivity index (χ0) is 14.7. The molecule has 0 bridgehead atoms. The molecule has 1 N–H and O–H groups in total. The highest BCUT2D eigenvalue weighted by Crippen LogP contribution is 2.22. The van der Waals surface area contributed by atoms with E-state index in [4.69, 9.17) is 4.74 Å². The van der Waals surface area contributed by atoms with Gasteiger partial charge in [0.05, 0.1) is 7.11 Å². The Labute approximate surface area is 122 Å². The van der Waals surface area contributed by atoms with Gasteiger partial charge < -0.3 is 15.0 Å². The number of pyridine rings is 1. The van der Waals surface area contributed by atoms with Crippen molar-refractivity contribution in [1.29, 1.82) is 0 Å². The van der Waals surface area contributed by atoms with Crippen LogP contribution < -0.4 is 15.0 Å². The summed E-state index contributed by atoms with van der Waals surface area (Å²) < 4.78 is 18.8. The molecule has 3 heterocycles. The number of hydrogen-bond acceptors (Lipinski definition) is 6. The Hall–Kier alpha value is -2.44. The molecule has 1 unspecified atom stereocenters. The predicted octanol–water partition coefficient (Wildman–Crippen LogP) is 1.71. The van der Waals surface area contributed by atoms with Gasteiger partial charge in [-0.1, -0.05) is 0 Å². The number of methoxy groups -OCH3 is 1. The molecule has 1 aliphatic rings. The van der Waals surface area contributed by atoms with Crippen LogP contribution in [0.25, 0.3) is 0 Å². The van der Waals surface area contributed by atoms with Gasteiger partial charge in [0.2, 0.25) is 11.8 Å². The van der Waals surface area contributed by atoms with Crippen molar-refractivity contribution in [3.63, 3.8) is 0 Å². The molecule has 0 aromatic carbocycles. The number of hydrogen-bond donors (Lipinski definition) is 1. The van der Waals surface area contributed by atoms with Gasteiger partial charge in [0.15, 0.2) is 11.6 Å². The number of rotatable bonds is 4. The van der Waals surface area contributed by atoms with Crippen molar-refractivity contribution in [1.82, 2.24) is 15.0 Å². The van der Waals surface area contributed by atoms with Crippen molar-refractivity contribution in [2.24, 2.45) is 0 Å². The molecule has 0 radical (unpaired) electrons. The lowest BCUT2D eigenvalue weighted by Gasteiger charge is -2.18. The van der Waals surface area contributed by atoms with Gasteiger partial charge in [0, 0.05) is 37.6 Å². The highest BCUT2D eigenvalue weighted by Gasteiger charge is 2.25. The van der Waals surface area contributed by atoms with E-state index in [9.17, 15) is 4.39 Å². The van der Waals surface area contributed by atoms with Crippen molar-refractivity contribution in [3.8, 4) is 5.88 Å². The normalized spacial score (nSPS) is 17.8. The molecule has 1 fully saturated rings. The molecule has 7 heteroatoms. The van der Waals surface area contributed by atoms with E-state index in [1.54, 1.807) is 31.6 Å². The first-order valence-electron chi connectivity index (χ1n) is 6.75. The van der Waals surface area contributed by atoms with Crippen LogP contribution in [0.2, 0.25) is 0 Å². The highest BCUT2D eigenvalue weighted by atomic mass is 19.1. The molecule has 0 spiro atoms. The molecule has 110 valence electrons. The zero-order valence-corrected chi connectivity index (χ0v) is 11.7. The van der Waals surface area contributed by atoms with Crippen LogP contribution in [-0.2, 0) is 0 Å². The van der Waals surface area contributed by atoms with Crippen LogP contribution in [0.4, 0.5) is 16.2 Å². The van der Waals surface area contributed by atoms with Gasteiger partial charge in [-0.05, 0) is 18.6 Å². The van der Waals surface area contributed by atoms with Crippen molar-refractivity contribution in [3.05, 3.63) is 36.4 Å². The molecule has 2 aromatic heterocycles. The fraction of sp³-hybridized carbons (Fsp3) is 0.357. The highest BCUT2D eigenvalue weighted by molar-refractivity contribution is 5.42. The van der Waals surface area contributed by atoms with Crippen LogP contribution in [0.3, 0.4) is 0 Å². The van der Waals surface area contributed by atoms with Gasteiger partial charge in [-0.3, -0.25) is 0 Å². The summed E-state index contributed by atoms with van der Waals surface area (Å²) >= 11 is 0. The van der Waals surface area contributed by atoms with Gasteiger partial charge in [0.1, 0.15) is 0 Å². The second-order valence-electron chi connectivity index (χ2n) is 4.81. The second-order valence-corrected chi connectivity index (χ2v) is 4.81. The summed E-state index contributed by atoms with van der Waals surface area (Å²) in [7, 11) is 1.56. The summed E-state index contributed by atoms with van der Waals surface area (Å²) in [6.45, 7) is 1.41. The van der Waals surface area contributed by atoms with E-state index in [1.807, 2.05) is 4.90 Å². The number of nitrogens with zero attached hydrogens (tertiary/aromatic N) is 4. The molecule has 21 heavy (non-hydrogen) atoms. The summed E-state index contributed by atoms with van der Waals surface area (Å²) in [4.78, 5) is 14.4. The molecular formula is C14H16FN5O. The van der Waals surface area contributed by atoms with E-state index in [1.165, 1.54) is 6.07 Å². The average Bonchev–Trinajstić information content (AvgIpc) is 2.96. The zero-order valence-electron chi connectivity index (χ0n) is 11.7. The van der Waals surface area contributed by atoms with Crippen LogP contribution in [0.5, 0.6) is 5.88 Å². The van der Waals surface area contributed by atoms with E-state index in [0.29, 0.717) is 24.2 Å². The van der Waals surface area contributed by atoms with E-state index in [2.05, 4.69) is 20.3 Å². The van der Waals surface area contributed by atoms with Crippen LogP contribution >= 0.6 is 0 Å². The van der Waals surface area contributed by atoms with Crippen LogP contribution in [0.15, 0.2) is 30.6 Å². The number of nitrogens with one attached hydrogen (secondary N) is 1.